The molecule has 3 unspecified atom stereocenters. The van der Waals surface area contributed by atoms with Crippen LogP contribution in [0.4, 0.5) is 0 Å². The first kappa shape index (κ1) is 12.4. The molecule has 104 valence electrons. The van der Waals surface area contributed by atoms with Crippen molar-refractivity contribution in [1.29, 1.82) is 0 Å². The Hall–Kier alpha value is -1.38. The first-order valence-electron chi connectivity index (χ1n) is 7.68. The van der Waals surface area contributed by atoms with E-state index in [9.17, 15) is 5.11 Å². The molecule has 0 aromatic heterocycles. The van der Waals surface area contributed by atoms with E-state index in [1.807, 2.05) is 0 Å². The Bertz CT molecular complexity index is 618. The Morgan fingerprint density at radius 3 is 2.75 bits per heavy atom. The summed E-state index contributed by atoms with van der Waals surface area (Å²) in [4.78, 5) is 2.53. The van der Waals surface area contributed by atoms with Gasteiger partial charge in [-0.25, -0.2) is 0 Å². The van der Waals surface area contributed by atoms with Gasteiger partial charge in [0.25, 0.3) is 0 Å². The summed E-state index contributed by atoms with van der Waals surface area (Å²) in [5, 5.41) is 12.7. The van der Waals surface area contributed by atoms with E-state index in [0.29, 0.717) is 5.92 Å². The van der Waals surface area contributed by atoms with Gasteiger partial charge < -0.3 is 5.11 Å². The second-order valence-corrected chi connectivity index (χ2v) is 6.40. The zero-order chi connectivity index (χ0) is 13.5. The minimum absolute atomic E-state index is 0.0579. The monoisotopic (exact) mass is 267 g/mol. The lowest BCUT2D eigenvalue weighted by atomic mass is 10.00. The first-order chi connectivity index (χ1) is 9.81. The van der Waals surface area contributed by atoms with Crippen LogP contribution in [-0.4, -0.2) is 29.2 Å². The van der Waals surface area contributed by atoms with Crippen LogP contribution >= 0.6 is 0 Å². The van der Waals surface area contributed by atoms with Crippen LogP contribution in [0.3, 0.4) is 0 Å². The van der Waals surface area contributed by atoms with Crippen molar-refractivity contribution >= 4 is 10.8 Å². The number of benzene rings is 2. The molecule has 2 fully saturated rings. The number of nitrogens with zero attached hydrogens (tertiary/aromatic N) is 1. The molecule has 0 amide bonds. The first-order valence-corrected chi connectivity index (χ1v) is 7.68. The third-order valence-electron chi connectivity index (χ3n) is 5.17. The van der Waals surface area contributed by atoms with Crippen molar-refractivity contribution in [2.75, 3.05) is 13.1 Å². The van der Waals surface area contributed by atoms with E-state index in [2.05, 4.69) is 47.4 Å². The van der Waals surface area contributed by atoms with Gasteiger partial charge in [0.1, 0.15) is 0 Å². The number of aliphatic hydroxyl groups excluding tert-OH is 1. The fourth-order valence-corrected chi connectivity index (χ4v) is 4.13. The van der Waals surface area contributed by atoms with Gasteiger partial charge in [0.2, 0.25) is 0 Å². The average molecular weight is 267 g/mol. The number of rotatable bonds is 2. The smallest absolute Gasteiger partial charge is 0.0583 e. The van der Waals surface area contributed by atoms with Crippen molar-refractivity contribution in [1.82, 2.24) is 4.90 Å². The Balaban J connectivity index is 1.57. The van der Waals surface area contributed by atoms with Gasteiger partial charge in [-0.1, -0.05) is 42.5 Å². The molecule has 3 atom stereocenters. The van der Waals surface area contributed by atoms with E-state index in [1.165, 1.54) is 22.8 Å². The summed E-state index contributed by atoms with van der Waals surface area (Å²) in [6, 6.07) is 15.2. The Morgan fingerprint density at radius 2 is 1.85 bits per heavy atom. The summed E-state index contributed by atoms with van der Waals surface area (Å²) < 4.78 is 0. The summed E-state index contributed by atoms with van der Waals surface area (Å²) in [6.07, 6.45) is 2.16. The summed E-state index contributed by atoms with van der Waals surface area (Å²) in [5.41, 5.74) is 1.41. The molecule has 1 aliphatic carbocycles. The van der Waals surface area contributed by atoms with Gasteiger partial charge in [-0.2, -0.15) is 0 Å². The van der Waals surface area contributed by atoms with Crippen LogP contribution in [0.2, 0.25) is 0 Å². The Labute approximate surface area is 120 Å². The number of hydrogen-bond donors (Lipinski definition) is 1. The van der Waals surface area contributed by atoms with Crippen LogP contribution in [0, 0.1) is 11.8 Å². The van der Waals surface area contributed by atoms with Crippen molar-refractivity contribution in [2.45, 2.75) is 25.5 Å². The van der Waals surface area contributed by atoms with E-state index in [0.717, 1.165) is 32.0 Å². The summed E-state index contributed by atoms with van der Waals surface area (Å²) in [7, 11) is 0. The van der Waals surface area contributed by atoms with Gasteiger partial charge in [0.15, 0.2) is 0 Å². The third kappa shape index (κ3) is 2.04. The van der Waals surface area contributed by atoms with Crippen LogP contribution in [0.5, 0.6) is 0 Å². The highest BCUT2D eigenvalue weighted by molar-refractivity contribution is 5.85. The molecule has 1 saturated heterocycles. The second-order valence-electron chi connectivity index (χ2n) is 6.40. The normalized spacial score (nSPS) is 29.9. The molecule has 1 aliphatic heterocycles. The van der Waals surface area contributed by atoms with E-state index >= 15 is 0 Å². The molecule has 1 heterocycles. The molecule has 2 aromatic rings. The lowest BCUT2D eigenvalue weighted by molar-refractivity contribution is 0.123. The molecule has 1 N–H and O–H groups in total. The molecule has 2 heteroatoms. The van der Waals surface area contributed by atoms with Crippen molar-refractivity contribution in [3.8, 4) is 0 Å². The maximum absolute atomic E-state index is 10.0. The average Bonchev–Trinajstić information content (AvgIpc) is 3.02. The molecule has 20 heavy (non-hydrogen) atoms. The minimum Gasteiger partial charge on any atom is -0.393 e. The van der Waals surface area contributed by atoms with Crippen LogP contribution < -0.4 is 0 Å². The summed E-state index contributed by atoms with van der Waals surface area (Å²) in [5.74, 6) is 1.24. The highest BCUT2D eigenvalue weighted by Crippen LogP contribution is 2.38. The predicted octanol–water partition coefficient (Wildman–Crippen LogP) is 3.04. The van der Waals surface area contributed by atoms with Crippen molar-refractivity contribution < 1.29 is 5.11 Å². The van der Waals surface area contributed by atoms with Gasteiger partial charge in [-0.05, 0) is 35.1 Å². The van der Waals surface area contributed by atoms with Crippen LogP contribution in [0.1, 0.15) is 18.4 Å². The van der Waals surface area contributed by atoms with Crippen LogP contribution in [0.15, 0.2) is 42.5 Å². The van der Waals surface area contributed by atoms with Gasteiger partial charge in [-0.3, -0.25) is 4.90 Å². The fraction of sp³-hybridized carbons (Fsp3) is 0.444. The van der Waals surface area contributed by atoms with Gasteiger partial charge in [-0.15, -0.1) is 0 Å². The number of likely N-dealkylation sites (tertiary alicyclic amines) is 1. The quantitative estimate of drug-likeness (QED) is 0.904. The topological polar surface area (TPSA) is 23.5 Å². The van der Waals surface area contributed by atoms with E-state index in [4.69, 9.17) is 0 Å². The number of hydrogen-bond acceptors (Lipinski definition) is 2. The SMILES string of the molecule is OC1CCC2CN(Cc3cccc4ccccc34)CC12. The fourth-order valence-electron chi connectivity index (χ4n) is 4.13. The van der Waals surface area contributed by atoms with Gasteiger partial charge in [0, 0.05) is 25.6 Å². The lowest BCUT2D eigenvalue weighted by Crippen LogP contribution is -2.24. The standard InChI is InChI=1S/C18H21NO/c20-18-9-8-15-11-19(12-17(15)18)10-14-6-3-5-13-4-1-2-7-16(13)14/h1-7,15,17-18,20H,8-12H2. The van der Waals surface area contributed by atoms with Gasteiger partial charge in [0.05, 0.1) is 6.10 Å². The van der Waals surface area contributed by atoms with E-state index in [-0.39, 0.29) is 6.10 Å². The molecule has 1 saturated carbocycles. The van der Waals surface area contributed by atoms with Crippen molar-refractivity contribution in [3.63, 3.8) is 0 Å². The highest BCUT2D eigenvalue weighted by Gasteiger charge is 2.41. The van der Waals surface area contributed by atoms with Gasteiger partial charge >= 0.3 is 0 Å². The van der Waals surface area contributed by atoms with Crippen molar-refractivity contribution in [2.24, 2.45) is 11.8 Å². The summed E-state index contributed by atoms with van der Waals surface area (Å²) >= 11 is 0. The van der Waals surface area contributed by atoms with Crippen molar-refractivity contribution in [3.05, 3.63) is 48.0 Å². The maximum Gasteiger partial charge on any atom is 0.0583 e. The molecule has 0 spiro atoms. The summed E-state index contributed by atoms with van der Waals surface area (Å²) in [6.45, 7) is 3.24. The number of fused-ring (bicyclic) bond motifs is 2. The molecular formula is C18H21NO. The molecule has 0 radical (unpaired) electrons. The zero-order valence-electron chi connectivity index (χ0n) is 11.7. The molecule has 0 bridgehead atoms. The van der Waals surface area contributed by atoms with Crippen LogP contribution in [0.25, 0.3) is 10.8 Å². The van der Waals surface area contributed by atoms with Crippen LogP contribution in [-0.2, 0) is 6.54 Å². The number of aliphatic hydroxyl groups is 1. The van der Waals surface area contributed by atoms with E-state index in [1.54, 1.807) is 0 Å². The molecule has 2 nitrogen and oxygen atoms in total. The zero-order valence-corrected chi connectivity index (χ0v) is 11.7. The minimum atomic E-state index is -0.0579. The lowest BCUT2D eigenvalue weighted by Gasteiger charge is -2.19. The third-order valence-corrected chi connectivity index (χ3v) is 5.17. The Kier molecular flexibility index (Phi) is 3.01. The highest BCUT2D eigenvalue weighted by atomic mass is 16.3. The molecule has 2 aromatic carbocycles. The maximum atomic E-state index is 10.0. The van der Waals surface area contributed by atoms with E-state index < -0.39 is 0 Å². The molecule has 4 rings (SSSR count). The Morgan fingerprint density at radius 1 is 1.00 bits per heavy atom. The molecular weight excluding hydrogens is 246 g/mol. The predicted molar refractivity (Wildman–Crippen MR) is 81.4 cm³/mol. The largest absolute Gasteiger partial charge is 0.393 e. The molecule has 2 aliphatic rings. The second kappa shape index (κ2) is 4.87.